The molecule has 1 aliphatic rings. The zero-order valence-corrected chi connectivity index (χ0v) is 26.9. The summed E-state index contributed by atoms with van der Waals surface area (Å²) in [5.74, 6) is 5.15. The van der Waals surface area contributed by atoms with E-state index in [1.807, 2.05) is 121 Å². The number of aromatic nitrogens is 1. The molecule has 47 heavy (non-hydrogen) atoms. The molecule has 4 aromatic carbocycles. The number of fused-ring (bicyclic) bond motifs is 1. The van der Waals surface area contributed by atoms with Gasteiger partial charge in [0, 0.05) is 35.8 Å². The number of nitrogens with two attached hydrogens (primary N) is 1. The molecule has 3 atom stereocenters. The maximum atomic E-state index is 15.0. The molecule has 8 nitrogen and oxygen atoms in total. The van der Waals surface area contributed by atoms with Gasteiger partial charge in [-0.05, 0) is 41.2 Å². The van der Waals surface area contributed by atoms with Gasteiger partial charge in [-0.15, -0.1) is 0 Å². The number of benzene rings is 4. The Kier molecular flexibility index (Phi) is 9.87. The van der Waals surface area contributed by atoms with Crippen LogP contribution in [0.3, 0.4) is 0 Å². The predicted octanol–water partition coefficient (Wildman–Crippen LogP) is 4.55. The van der Waals surface area contributed by atoms with Gasteiger partial charge in [0.15, 0.2) is 5.78 Å². The molecule has 240 valence electrons. The first-order valence-corrected chi connectivity index (χ1v) is 16.6. The van der Waals surface area contributed by atoms with E-state index in [0.717, 1.165) is 33.2 Å². The monoisotopic (exact) mass is 645 g/mol. The number of nitrogens with zero attached hydrogens (tertiary/aromatic N) is 1. The lowest BCUT2D eigenvalue weighted by Crippen LogP contribution is -2.58. The molecule has 0 spiro atoms. The van der Waals surface area contributed by atoms with Crippen molar-refractivity contribution in [3.05, 3.63) is 144 Å². The Morgan fingerprint density at radius 3 is 1.94 bits per heavy atom. The second-order valence-corrected chi connectivity index (χ2v) is 12.3. The second-order valence-electron chi connectivity index (χ2n) is 11.9. The van der Waals surface area contributed by atoms with Crippen LogP contribution in [0.5, 0.6) is 0 Å². The number of likely N-dealkylation sites (tertiary alicyclic amines) is 1. The summed E-state index contributed by atoms with van der Waals surface area (Å²) >= 11 is 4.59. The van der Waals surface area contributed by atoms with E-state index in [-0.39, 0.29) is 23.4 Å². The van der Waals surface area contributed by atoms with E-state index >= 15 is 4.79 Å². The van der Waals surface area contributed by atoms with Crippen LogP contribution in [0.15, 0.2) is 121 Å². The van der Waals surface area contributed by atoms with Gasteiger partial charge in [-0.1, -0.05) is 109 Å². The number of amides is 2. The SMILES string of the molecule is NN[C@@H](Cc1c[nH]c2ccccc12)C(=O)N1CCC[C@H]1C(=O)N[C@@H](CS)C(=O)C(c1ccccc1)(c1ccccc1)c1ccccc1. The first-order chi connectivity index (χ1) is 23.0. The zero-order valence-electron chi connectivity index (χ0n) is 26.0. The number of H-pyrrole nitrogens is 1. The summed E-state index contributed by atoms with van der Waals surface area (Å²) in [4.78, 5) is 47.8. The van der Waals surface area contributed by atoms with Crippen LogP contribution in [0.1, 0.15) is 35.1 Å². The minimum Gasteiger partial charge on any atom is -0.361 e. The summed E-state index contributed by atoms with van der Waals surface area (Å²) in [6.45, 7) is 0.421. The van der Waals surface area contributed by atoms with Gasteiger partial charge in [0.1, 0.15) is 17.5 Å². The third kappa shape index (κ3) is 6.22. The van der Waals surface area contributed by atoms with E-state index < -0.39 is 23.5 Å². The quantitative estimate of drug-likeness (QED) is 0.0591. The Morgan fingerprint density at radius 1 is 0.830 bits per heavy atom. The fraction of sp³-hybridized carbons (Fsp3) is 0.237. The largest absolute Gasteiger partial charge is 0.361 e. The Hall–Kier alpha value is -4.70. The summed E-state index contributed by atoms with van der Waals surface area (Å²) in [6.07, 6.45) is 3.39. The van der Waals surface area contributed by atoms with Crippen molar-refractivity contribution < 1.29 is 14.4 Å². The van der Waals surface area contributed by atoms with Gasteiger partial charge in [0.25, 0.3) is 0 Å². The summed E-state index contributed by atoms with van der Waals surface area (Å²) < 4.78 is 0. The Balaban J connectivity index is 1.28. The number of hydrazine groups is 1. The van der Waals surface area contributed by atoms with Crippen molar-refractivity contribution in [1.82, 2.24) is 20.6 Å². The molecular weight excluding hydrogens is 607 g/mol. The van der Waals surface area contributed by atoms with Gasteiger partial charge in [0.2, 0.25) is 11.8 Å². The van der Waals surface area contributed by atoms with Crippen molar-refractivity contribution in [1.29, 1.82) is 0 Å². The van der Waals surface area contributed by atoms with Crippen molar-refractivity contribution in [2.75, 3.05) is 12.3 Å². The second kappa shape index (κ2) is 14.4. The standard InChI is InChI=1S/C38H39N5O3S/c39-42-32(23-26-24-40-31-20-11-10-19-30(26)31)37(46)43-22-12-21-34(43)36(45)41-33(25-47)35(44)38(27-13-4-1-5-14-27,28-15-6-2-7-16-28)29-17-8-3-9-18-29/h1-11,13-20,24,32-34,40,42,47H,12,21-23,25,39H2,(H,41,45)/t32-,33-,34-/m0/s1. The van der Waals surface area contributed by atoms with Gasteiger partial charge >= 0.3 is 0 Å². The molecule has 0 aliphatic carbocycles. The third-order valence-electron chi connectivity index (χ3n) is 9.24. The van der Waals surface area contributed by atoms with Gasteiger partial charge in [-0.2, -0.15) is 12.6 Å². The molecule has 9 heteroatoms. The highest BCUT2D eigenvalue weighted by atomic mass is 32.1. The average molecular weight is 646 g/mol. The number of carbonyl (C=O) groups excluding carboxylic acids is 3. The number of hydrogen-bond donors (Lipinski definition) is 5. The van der Waals surface area contributed by atoms with Gasteiger partial charge < -0.3 is 15.2 Å². The molecule has 0 saturated carbocycles. The maximum Gasteiger partial charge on any atom is 0.243 e. The molecule has 0 radical (unpaired) electrons. The normalized spacial score (nSPS) is 16.1. The van der Waals surface area contributed by atoms with Crippen molar-refractivity contribution >= 4 is 41.1 Å². The molecule has 6 rings (SSSR count). The van der Waals surface area contributed by atoms with Crippen LogP contribution in [0.4, 0.5) is 0 Å². The molecule has 0 bridgehead atoms. The smallest absolute Gasteiger partial charge is 0.243 e. The molecule has 1 aliphatic heterocycles. The first-order valence-electron chi connectivity index (χ1n) is 15.9. The fourth-order valence-corrected chi connectivity index (χ4v) is 7.21. The number of thiol groups is 1. The van der Waals surface area contributed by atoms with E-state index in [2.05, 4.69) is 28.4 Å². The van der Waals surface area contributed by atoms with Crippen LogP contribution in [-0.2, 0) is 26.2 Å². The average Bonchev–Trinajstić information content (AvgIpc) is 3.79. The predicted molar refractivity (Wildman–Crippen MR) is 188 cm³/mol. The highest BCUT2D eigenvalue weighted by Crippen LogP contribution is 2.41. The molecule has 5 aromatic rings. The number of nitrogens with one attached hydrogen (secondary N) is 3. The Bertz CT molecular complexity index is 1730. The fourth-order valence-electron chi connectivity index (χ4n) is 6.96. The Labute approximate surface area is 280 Å². The van der Waals surface area contributed by atoms with E-state index in [0.29, 0.717) is 25.8 Å². The van der Waals surface area contributed by atoms with Crippen LogP contribution in [0.25, 0.3) is 10.9 Å². The number of hydrogen-bond acceptors (Lipinski definition) is 6. The first kappa shape index (κ1) is 32.2. The summed E-state index contributed by atoms with van der Waals surface area (Å²) in [6, 6.07) is 34.4. The van der Waals surface area contributed by atoms with E-state index in [1.165, 1.54) is 0 Å². The van der Waals surface area contributed by atoms with Crippen LogP contribution in [-0.4, -0.2) is 57.9 Å². The van der Waals surface area contributed by atoms with E-state index in [4.69, 9.17) is 5.84 Å². The van der Waals surface area contributed by atoms with Gasteiger partial charge in [0.05, 0.1) is 6.04 Å². The Morgan fingerprint density at radius 2 is 1.38 bits per heavy atom. The third-order valence-corrected chi connectivity index (χ3v) is 9.61. The lowest BCUT2D eigenvalue weighted by Gasteiger charge is -2.37. The molecule has 0 unspecified atom stereocenters. The van der Waals surface area contributed by atoms with Gasteiger partial charge in [-0.25, -0.2) is 5.43 Å². The molecule has 1 aromatic heterocycles. The number of rotatable bonds is 12. The lowest BCUT2D eigenvalue weighted by atomic mass is 9.65. The summed E-state index contributed by atoms with van der Waals surface area (Å²) in [5, 5.41) is 4.04. The minimum atomic E-state index is -1.22. The van der Waals surface area contributed by atoms with E-state index in [1.54, 1.807) is 4.90 Å². The van der Waals surface area contributed by atoms with Gasteiger partial charge in [-0.3, -0.25) is 20.2 Å². The number of carbonyl (C=O) groups is 3. The van der Waals surface area contributed by atoms with E-state index in [9.17, 15) is 9.59 Å². The summed E-state index contributed by atoms with van der Waals surface area (Å²) in [5.41, 5.74) is 5.76. The molecule has 5 N–H and O–H groups in total. The minimum absolute atomic E-state index is 0.0764. The number of aromatic amines is 1. The number of Topliss-reactive ketones (excluding diaryl/α,β-unsaturated/α-hetero) is 1. The summed E-state index contributed by atoms with van der Waals surface area (Å²) in [7, 11) is 0. The molecule has 1 fully saturated rings. The maximum absolute atomic E-state index is 15.0. The highest BCUT2D eigenvalue weighted by Gasteiger charge is 2.47. The van der Waals surface area contributed by atoms with Crippen molar-refractivity contribution in [3.8, 4) is 0 Å². The van der Waals surface area contributed by atoms with Crippen LogP contribution < -0.4 is 16.6 Å². The topological polar surface area (TPSA) is 120 Å². The van der Waals surface area contributed by atoms with Crippen molar-refractivity contribution in [2.24, 2.45) is 5.84 Å². The molecule has 1 saturated heterocycles. The lowest BCUT2D eigenvalue weighted by molar-refractivity contribution is -0.140. The highest BCUT2D eigenvalue weighted by molar-refractivity contribution is 7.80. The molecule has 2 amide bonds. The van der Waals surface area contributed by atoms with Crippen LogP contribution >= 0.6 is 12.6 Å². The van der Waals surface area contributed by atoms with Crippen molar-refractivity contribution in [3.63, 3.8) is 0 Å². The van der Waals surface area contributed by atoms with Crippen LogP contribution in [0, 0.1) is 0 Å². The number of para-hydroxylation sites is 1. The van der Waals surface area contributed by atoms with Crippen LogP contribution in [0.2, 0.25) is 0 Å². The van der Waals surface area contributed by atoms with Crippen molar-refractivity contribution in [2.45, 2.75) is 42.8 Å². The zero-order chi connectivity index (χ0) is 32.8. The number of ketones is 1. The molecular formula is C38H39N5O3S. The molecule has 2 heterocycles.